The molecule has 1 rings (SSSR count). The Morgan fingerprint density at radius 1 is 1.23 bits per heavy atom. The van der Waals surface area contributed by atoms with Crippen molar-refractivity contribution in [1.29, 1.82) is 0 Å². The Labute approximate surface area is 81.9 Å². The summed E-state index contributed by atoms with van der Waals surface area (Å²) in [7, 11) is 0. The van der Waals surface area contributed by atoms with E-state index in [0.29, 0.717) is 12.0 Å². The summed E-state index contributed by atoms with van der Waals surface area (Å²) < 4.78 is 0. The second kappa shape index (κ2) is 3.58. The Bertz CT molecular complexity index is 173. The predicted octanol–water partition coefficient (Wildman–Crippen LogP) is 1.88. The summed E-state index contributed by atoms with van der Waals surface area (Å²) in [6.07, 6.45) is 0.802. The molecule has 1 saturated heterocycles. The fraction of sp³-hybridized carbons (Fsp3) is 1.00. The quantitative estimate of drug-likeness (QED) is 0.623. The van der Waals surface area contributed by atoms with Gasteiger partial charge in [-0.15, -0.1) is 0 Å². The van der Waals surface area contributed by atoms with Crippen molar-refractivity contribution in [3.05, 3.63) is 0 Å². The molecule has 78 valence electrons. The lowest BCUT2D eigenvalue weighted by Gasteiger charge is -2.47. The van der Waals surface area contributed by atoms with Crippen molar-refractivity contribution in [2.45, 2.75) is 58.7 Å². The molecule has 0 amide bonds. The number of rotatable bonds is 0. The molecule has 0 bridgehead atoms. The standard InChI is InChI=1S/C11H23NO/c1-8-6-10(13)9(2)12(7-8)11(3,4)5/h8-10,13H,6-7H2,1-5H3/t8-,9-,10-/m1/s1. The largest absolute Gasteiger partial charge is 0.391 e. The maximum Gasteiger partial charge on any atom is 0.0695 e. The number of likely N-dealkylation sites (tertiary alicyclic amines) is 1. The predicted molar refractivity (Wildman–Crippen MR) is 55.7 cm³/mol. The van der Waals surface area contributed by atoms with Gasteiger partial charge in [-0.1, -0.05) is 6.92 Å². The van der Waals surface area contributed by atoms with E-state index in [-0.39, 0.29) is 11.6 Å². The van der Waals surface area contributed by atoms with Gasteiger partial charge in [0.25, 0.3) is 0 Å². The summed E-state index contributed by atoms with van der Waals surface area (Å²) in [5.74, 6) is 0.616. The molecule has 0 unspecified atom stereocenters. The smallest absolute Gasteiger partial charge is 0.0695 e. The van der Waals surface area contributed by atoms with Crippen molar-refractivity contribution in [3.8, 4) is 0 Å². The van der Waals surface area contributed by atoms with Crippen LogP contribution in [0.2, 0.25) is 0 Å². The maximum absolute atomic E-state index is 9.84. The number of hydrogen-bond acceptors (Lipinski definition) is 2. The average molecular weight is 185 g/mol. The topological polar surface area (TPSA) is 23.5 Å². The lowest BCUT2D eigenvalue weighted by Crippen LogP contribution is -2.56. The first-order valence-corrected chi connectivity index (χ1v) is 5.27. The third kappa shape index (κ3) is 2.44. The third-order valence-electron chi connectivity index (χ3n) is 3.06. The Morgan fingerprint density at radius 3 is 2.23 bits per heavy atom. The van der Waals surface area contributed by atoms with Gasteiger partial charge in [-0.05, 0) is 40.0 Å². The molecule has 1 aliphatic heterocycles. The third-order valence-corrected chi connectivity index (χ3v) is 3.06. The SMILES string of the molecule is C[C@@H]1C[C@@H](O)[C@@H](C)N(C(C)(C)C)C1. The number of piperidine rings is 1. The summed E-state index contributed by atoms with van der Waals surface area (Å²) in [6.45, 7) is 12.1. The highest BCUT2D eigenvalue weighted by molar-refractivity contribution is 4.90. The van der Waals surface area contributed by atoms with Crippen molar-refractivity contribution in [2.75, 3.05) is 6.54 Å². The first-order chi connectivity index (χ1) is 5.82. The molecule has 0 aromatic heterocycles. The zero-order valence-corrected chi connectivity index (χ0v) is 9.54. The van der Waals surface area contributed by atoms with Crippen LogP contribution in [0.1, 0.15) is 41.0 Å². The summed E-state index contributed by atoms with van der Waals surface area (Å²) >= 11 is 0. The van der Waals surface area contributed by atoms with E-state index in [4.69, 9.17) is 0 Å². The molecule has 1 fully saturated rings. The van der Waals surface area contributed by atoms with Crippen molar-refractivity contribution in [2.24, 2.45) is 5.92 Å². The first-order valence-electron chi connectivity index (χ1n) is 5.27. The summed E-state index contributed by atoms with van der Waals surface area (Å²) in [6, 6.07) is 0.302. The van der Waals surface area contributed by atoms with Gasteiger partial charge in [-0.25, -0.2) is 0 Å². The Hall–Kier alpha value is -0.0800. The van der Waals surface area contributed by atoms with E-state index in [0.717, 1.165) is 13.0 Å². The molecule has 0 aromatic carbocycles. The van der Waals surface area contributed by atoms with E-state index < -0.39 is 0 Å². The molecule has 2 nitrogen and oxygen atoms in total. The van der Waals surface area contributed by atoms with Gasteiger partial charge in [0, 0.05) is 18.1 Å². The van der Waals surface area contributed by atoms with Crippen molar-refractivity contribution in [3.63, 3.8) is 0 Å². The van der Waals surface area contributed by atoms with Crippen LogP contribution in [0.4, 0.5) is 0 Å². The summed E-state index contributed by atoms with van der Waals surface area (Å²) in [5, 5.41) is 9.84. The number of hydrogen-bond donors (Lipinski definition) is 1. The summed E-state index contributed by atoms with van der Waals surface area (Å²) in [5.41, 5.74) is 0.176. The van der Waals surface area contributed by atoms with Crippen molar-refractivity contribution in [1.82, 2.24) is 4.90 Å². The normalized spacial score (nSPS) is 37.8. The zero-order valence-electron chi connectivity index (χ0n) is 9.54. The zero-order chi connectivity index (χ0) is 10.2. The van der Waals surface area contributed by atoms with E-state index in [9.17, 15) is 5.11 Å². The van der Waals surface area contributed by atoms with Crippen LogP contribution in [0.5, 0.6) is 0 Å². The van der Waals surface area contributed by atoms with Gasteiger partial charge in [0.1, 0.15) is 0 Å². The lowest BCUT2D eigenvalue weighted by molar-refractivity contribution is -0.0458. The highest BCUT2D eigenvalue weighted by atomic mass is 16.3. The van der Waals surface area contributed by atoms with Crippen LogP contribution in [0.3, 0.4) is 0 Å². The average Bonchev–Trinajstić information content (AvgIpc) is 1.94. The van der Waals surface area contributed by atoms with Gasteiger partial charge in [0.15, 0.2) is 0 Å². The molecular formula is C11H23NO. The Balaban J connectivity index is 2.72. The molecule has 0 aromatic rings. The number of nitrogens with zero attached hydrogens (tertiary/aromatic N) is 1. The van der Waals surface area contributed by atoms with Gasteiger partial charge in [0.05, 0.1) is 6.10 Å². The highest BCUT2D eigenvalue weighted by Crippen LogP contribution is 2.28. The van der Waals surface area contributed by atoms with Crippen LogP contribution in [0.25, 0.3) is 0 Å². The molecule has 1 heterocycles. The minimum atomic E-state index is -0.150. The minimum absolute atomic E-state index is 0.150. The molecule has 1 aliphatic rings. The van der Waals surface area contributed by atoms with Crippen LogP contribution in [0, 0.1) is 5.92 Å². The van der Waals surface area contributed by atoms with Crippen molar-refractivity contribution >= 4 is 0 Å². The van der Waals surface area contributed by atoms with Gasteiger partial charge in [-0.2, -0.15) is 0 Å². The second-order valence-electron chi connectivity index (χ2n) is 5.47. The maximum atomic E-state index is 9.84. The van der Waals surface area contributed by atoms with Crippen LogP contribution in [-0.4, -0.2) is 34.2 Å². The van der Waals surface area contributed by atoms with E-state index in [1.807, 2.05) is 0 Å². The van der Waals surface area contributed by atoms with E-state index in [1.165, 1.54) is 0 Å². The molecule has 1 N–H and O–H groups in total. The fourth-order valence-corrected chi connectivity index (χ4v) is 2.28. The number of aliphatic hydroxyl groups is 1. The molecule has 13 heavy (non-hydrogen) atoms. The lowest BCUT2D eigenvalue weighted by atomic mass is 9.88. The Kier molecular flexibility index (Phi) is 3.03. The first kappa shape index (κ1) is 11.0. The van der Waals surface area contributed by atoms with Gasteiger partial charge < -0.3 is 5.11 Å². The van der Waals surface area contributed by atoms with Crippen molar-refractivity contribution < 1.29 is 5.11 Å². The van der Waals surface area contributed by atoms with E-state index in [1.54, 1.807) is 0 Å². The number of aliphatic hydroxyl groups excluding tert-OH is 1. The molecule has 2 heteroatoms. The van der Waals surface area contributed by atoms with Gasteiger partial charge >= 0.3 is 0 Å². The Morgan fingerprint density at radius 2 is 1.77 bits per heavy atom. The second-order valence-corrected chi connectivity index (χ2v) is 5.47. The monoisotopic (exact) mass is 185 g/mol. The molecular weight excluding hydrogens is 162 g/mol. The van der Waals surface area contributed by atoms with Crippen LogP contribution >= 0.6 is 0 Å². The van der Waals surface area contributed by atoms with Gasteiger partial charge in [0.2, 0.25) is 0 Å². The van der Waals surface area contributed by atoms with Crippen LogP contribution < -0.4 is 0 Å². The molecule has 0 aliphatic carbocycles. The van der Waals surface area contributed by atoms with Crippen LogP contribution in [-0.2, 0) is 0 Å². The van der Waals surface area contributed by atoms with Crippen LogP contribution in [0.15, 0.2) is 0 Å². The minimum Gasteiger partial charge on any atom is -0.391 e. The fourth-order valence-electron chi connectivity index (χ4n) is 2.28. The molecule has 0 spiro atoms. The van der Waals surface area contributed by atoms with E-state index in [2.05, 4.69) is 39.5 Å². The van der Waals surface area contributed by atoms with Gasteiger partial charge in [-0.3, -0.25) is 4.90 Å². The molecule has 0 radical (unpaired) electrons. The molecule has 3 atom stereocenters. The summed E-state index contributed by atoms with van der Waals surface area (Å²) in [4.78, 5) is 2.41. The highest BCUT2D eigenvalue weighted by Gasteiger charge is 2.35. The van der Waals surface area contributed by atoms with E-state index >= 15 is 0 Å². The molecule has 0 saturated carbocycles.